The molecule has 2 atom stereocenters. The fraction of sp³-hybridized carbons (Fsp3) is 0.238. The molecule has 8 bridgehead atoms. The molecule has 7 rings (SSSR count). The highest BCUT2D eigenvalue weighted by Gasteiger charge is 2.25. The Morgan fingerprint density at radius 3 is 1.37 bits per heavy atom. The van der Waals surface area contributed by atoms with E-state index in [9.17, 15) is 10.2 Å². The van der Waals surface area contributed by atoms with E-state index >= 15 is 0 Å². The summed E-state index contributed by atoms with van der Waals surface area (Å²) in [5, 5.41) is 22.3. The third-order valence-corrected chi connectivity index (χ3v) is 9.43. The number of nitrogens with zero attached hydrogens (tertiary/aromatic N) is 2. The molecule has 0 saturated carbocycles. The van der Waals surface area contributed by atoms with E-state index in [1.165, 1.54) is 13.8 Å². The van der Waals surface area contributed by atoms with Crippen LogP contribution in [0.15, 0.2) is 72.8 Å². The number of aromatic amines is 2. The molecule has 2 aliphatic rings. The van der Waals surface area contributed by atoms with Crippen molar-refractivity contribution in [3.63, 3.8) is 0 Å². The Morgan fingerprint density at radius 2 is 0.963 bits per heavy atom. The smallest absolute Gasteiger partial charge is 0.321 e. The zero-order valence-electron chi connectivity index (χ0n) is 30.2. The van der Waals surface area contributed by atoms with Crippen LogP contribution in [0.3, 0.4) is 0 Å². The second kappa shape index (κ2) is 15.4. The van der Waals surface area contributed by atoms with Crippen molar-refractivity contribution in [2.45, 2.75) is 52.5 Å². The van der Waals surface area contributed by atoms with Gasteiger partial charge in [-0.25, -0.2) is 9.97 Å². The Kier molecular flexibility index (Phi) is 10.7. The predicted molar refractivity (Wildman–Crippen MR) is 215 cm³/mol. The van der Waals surface area contributed by atoms with Gasteiger partial charge in [0.2, 0.25) is 0 Å². The fourth-order valence-corrected chi connectivity index (χ4v) is 6.68. The molecule has 54 heavy (non-hydrogen) atoms. The zero-order chi connectivity index (χ0) is 38.0. The van der Waals surface area contributed by atoms with Gasteiger partial charge in [-0.1, -0.05) is 61.3 Å². The van der Waals surface area contributed by atoms with Crippen LogP contribution in [0.1, 0.15) is 63.3 Å². The minimum atomic E-state index is -1.81. The average molecular weight is 768 g/mol. The predicted octanol–water partition coefficient (Wildman–Crippen LogP) is 10.2. The number of halogens is 2. The molecule has 0 aliphatic carbocycles. The summed E-state index contributed by atoms with van der Waals surface area (Å²) >= 11 is 14.2. The molecule has 5 heterocycles. The standard InChI is InChI=1S/C42H40Cl2N4O6/c1-5-21-51-41(3,49)53-27-11-7-9-25(23-27)37-29-13-17-33(45-29)39(43)35-19-15-31(47-35)38(26-10-8-12-28(24-26)54-42(4,50)52-22-6-2)32-16-20-36(48-32)40(44)34-18-14-30(37)46-34/h7-20,23-24,45,48-50H,5-6,21-22H2,1-4H3. The van der Waals surface area contributed by atoms with E-state index in [2.05, 4.69) is 9.97 Å². The highest BCUT2D eigenvalue weighted by atomic mass is 35.5. The number of rotatable bonds is 12. The van der Waals surface area contributed by atoms with Crippen LogP contribution in [0.25, 0.3) is 68.6 Å². The van der Waals surface area contributed by atoms with E-state index in [1.807, 2.05) is 98.8 Å². The number of benzene rings is 2. The largest absolute Gasteiger partial charge is 0.439 e. The van der Waals surface area contributed by atoms with Gasteiger partial charge >= 0.3 is 11.9 Å². The highest BCUT2D eigenvalue weighted by molar-refractivity contribution is 6.36. The van der Waals surface area contributed by atoms with E-state index < -0.39 is 11.9 Å². The maximum absolute atomic E-state index is 10.7. The lowest BCUT2D eigenvalue weighted by Gasteiger charge is -2.24. The molecule has 5 aromatic rings. The van der Waals surface area contributed by atoms with E-state index in [0.717, 1.165) is 46.1 Å². The van der Waals surface area contributed by atoms with Crippen molar-refractivity contribution in [2.24, 2.45) is 0 Å². The van der Waals surface area contributed by atoms with E-state index in [1.54, 1.807) is 12.1 Å². The minimum absolute atomic E-state index is 0.340. The first kappa shape index (κ1) is 37.4. The normalized spacial score (nSPS) is 14.5. The van der Waals surface area contributed by atoms with Gasteiger partial charge in [-0.3, -0.25) is 0 Å². The first-order chi connectivity index (χ1) is 25.9. The molecule has 2 unspecified atom stereocenters. The molecule has 2 aliphatic heterocycles. The van der Waals surface area contributed by atoms with Crippen molar-refractivity contribution in [3.8, 4) is 33.8 Å². The van der Waals surface area contributed by atoms with Crippen molar-refractivity contribution in [1.29, 1.82) is 0 Å². The van der Waals surface area contributed by atoms with Crippen molar-refractivity contribution < 1.29 is 29.2 Å². The summed E-state index contributed by atoms with van der Waals surface area (Å²) in [6, 6.07) is 22.4. The van der Waals surface area contributed by atoms with Gasteiger partial charge in [0.1, 0.15) is 11.5 Å². The summed E-state index contributed by atoms with van der Waals surface area (Å²) in [5.74, 6) is -2.80. The molecular weight excluding hydrogens is 727 g/mol. The van der Waals surface area contributed by atoms with Crippen LogP contribution in [-0.4, -0.2) is 55.3 Å². The lowest BCUT2D eigenvalue weighted by atomic mass is 10.0. The number of hydrogen-bond acceptors (Lipinski definition) is 8. The van der Waals surface area contributed by atoms with Gasteiger partial charge in [0.25, 0.3) is 0 Å². The van der Waals surface area contributed by atoms with Gasteiger partial charge in [-0.05, 0) is 96.8 Å². The summed E-state index contributed by atoms with van der Waals surface area (Å²) in [6.45, 7) is 7.51. The minimum Gasteiger partial charge on any atom is -0.439 e. The number of aliphatic hydroxyl groups is 2. The Hall–Kier alpha value is -4.94. The molecule has 278 valence electrons. The number of H-pyrrole nitrogens is 2. The average Bonchev–Trinajstić information content (AvgIpc) is 3.98. The molecular formula is C42H40Cl2N4O6. The Balaban J connectivity index is 1.42. The van der Waals surface area contributed by atoms with Gasteiger partial charge in [-0.2, -0.15) is 0 Å². The monoisotopic (exact) mass is 766 g/mol. The number of fused-ring (bicyclic) bond motifs is 8. The molecule has 0 spiro atoms. The molecule has 12 heteroatoms. The van der Waals surface area contributed by atoms with Crippen LogP contribution in [0, 0.1) is 0 Å². The lowest BCUT2D eigenvalue weighted by molar-refractivity contribution is -0.307. The lowest BCUT2D eigenvalue weighted by Crippen LogP contribution is -2.35. The van der Waals surface area contributed by atoms with Gasteiger partial charge in [0.15, 0.2) is 0 Å². The van der Waals surface area contributed by atoms with Crippen molar-refractivity contribution in [1.82, 2.24) is 19.9 Å². The second-order valence-corrected chi connectivity index (χ2v) is 13.9. The third kappa shape index (κ3) is 8.09. The summed E-state index contributed by atoms with van der Waals surface area (Å²) < 4.78 is 22.7. The summed E-state index contributed by atoms with van der Waals surface area (Å²) in [5.41, 5.74) is 8.23. The zero-order valence-corrected chi connectivity index (χ0v) is 31.8. The summed E-state index contributed by atoms with van der Waals surface area (Å²) in [7, 11) is 0. The molecule has 0 amide bonds. The number of hydrogen-bond donors (Lipinski definition) is 4. The first-order valence-corrected chi connectivity index (χ1v) is 18.5. The van der Waals surface area contributed by atoms with Gasteiger partial charge in [0, 0.05) is 36.0 Å². The SMILES string of the molecule is CCCOC(C)(O)Oc1cccc(-c2c3nc(c(Cl)c4ccc([nH]4)c(-c4cccc(OC(C)(O)OCCC)c4)c4nc(c(Cl)c5ccc2[nH]5)C=C4)C=C3)c1. The highest BCUT2D eigenvalue weighted by Crippen LogP contribution is 2.38. The van der Waals surface area contributed by atoms with Gasteiger partial charge < -0.3 is 39.1 Å². The molecule has 3 aromatic heterocycles. The van der Waals surface area contributed by atoms with Crippen molar-refractivity contribution in [2.75, 3.05) is 13.2 Å². The second-order valence-electron chi connectivity index (χ2n) is 13.1. The number of ether oxygens (including phenoxy) is 4. The van der Waals surface area contributed by atoms with E-state index in [0.29, 0.717) is 68.6 Å². The van der Waals surface area contributed by atoms with Crippen LogP contribution >= 0.6 is 23.2 Å². The molecule has 10 nitrogen and oxygen atoms in total. The van der Waals surface area contributed by atoms with Gasteiger partial charge in [0.05, 0.1) is 57.1 Å². The Morgan fingerprint density at radius 1 is 0.574 bits per heavy atom. The van der Waals surface area contributed by atoms with Crippen LogP contribution in [-0.2, 0) is 9.47 Å². The number of aromatic nitrogens is 4. The first-order valence-electron chi connectivity index (χ1n) is 17.7. The van der Waals surface area contributed by atoms with Gasteiger partial charge in [-0.15, -0.1) is 0 Å². The molecule has 2 aromatic carbocycles. The van der Waals surface area contributed by atoms with E-state index in [-0.39, 0.29) is 0 Å². The Labute approximate surface area is 322 Å². The van der Waals surface area contributed by atoms with Crippen molar-refractivity contribution >= 4 is 69.6 Å². The maximum Gasteiger partial charge on any atom is 0.321 e. The van der Waals surface area contributed by atoms with Crippen LogP contribution in [0.4, 0.5) is 0 Å². The topological polar surface area (TPSA) is 135 Å². The molecule has 0 fully saturated rings. The van der Waals surface area contributed by atoms with Crippen LogP contribution in [0.2, 0.25) is 10.0 Å². The Bertz CT molecular complexity index is 2260. The van der Waals surface area contributed by atoms with Crippen LogP contribution in [0.5, 0.6) is 11.5 Å². The summed E-state index contributed by atoms with van der Waals surface area (Å²) in [4.78, 5) is 16.9. The molecule has 0 radical (unpaired) electrons. The quantitative estimate of drug-likeness (QED) is 0.0903. The fourth-order valence-electron chi connectivity index (χ4n) is 6.25. The van der Waals surface area contributed by atoms with Crippen molar-refractivity contribution in [3.05, 3.63) is 106 Å². The third-order valence-electron chi connectivity index (χ3n) is 8.63. The molecule has 4 N–H and O–H groups in total. The molecule has 0 saturated heterocycles. The van der Waals surface area contributed by atoms with E-state index in [4.69, 9.17) is 52.1 Å². The summed E-state index contributed by atoms with van der Waals surface area (Å²) in [6.07, 6.45) is 9.00. The number of nitrogens with one attached hydrogen (secondary N) is 2. The van der Waals surface area contributed by atoms with Crippen LogP contribution < -0.4 is 9.47 Å². The maximum atomic E-state index is 10.7.